The minimum atomic E-state index is -4.77. The first-order valence-corrected chi connectivity index (χ1v) is 16.7. The fourth-order valence-corrected chi connectivity index (χ4v) is 6.40. The van der Waals surface area contributed by atoms with Crippen molar-refractivity contribution in [3.05, 3.63) is 131 Å². The number of hydrogen-bond donors (Lipinski definition) is 1. The molecule has 0 saturated carbocycles. The number of nitrogens with one attached hydrogen (secondary N) is 1. The van der Waals surface area contributed by atoms with Gasteiger partial charge >= 0.3 is 6.18 Å². The zero-order valence-electron chi connectivity index (χ0n) is 25.8. The number of carbonyl (C=O) groups is 2. The number of anilines is 1. The summed E-state index contributed by atoms with van der Waals surface area (Å²) in [6.45, 7) is 3.18. The van der Waals surface area contributed by atoms with Crippen LogP contribution in [0.3, 0.4) is 0 Å². The Balaban J connectivity index is 1.83. The summed E-state index contributed by atoms with van der Waals surface area (Å²) in [4.78, 5) is 29.3. The molecule has 0 spiro atoms. The van der Waals surface area contributed by atoms with Crippen molar-refractivity contribution in [2.45, 2.75) is 43.9 Å². The van der Waals surface area contributed by atoms with E-state index in [2.05, 4.69) is 5.32 Å². The Labute approximate surface area is 278 Å². The monoisotopic (exact) mass is 685 g/mol. The van der Waals surface area contributed by atoms with Gasteiger partial charge in [-0.3, -0.25) is 13.9 Å². The highest BCUT2D eigenvalue weighted by Gasteiger charge is 2.36. The summed E-state index contributed by atoms with van der Waals surface area (Å²) in [5, 5.41) is 3.34. The minimum Gasteiger partial charge on any atom is -0.354 e. The Morgan fingerprint density at radius 2 is 1.45 bits per heavy atom. The first-order valence-electron chi connectivity index (χ1n) is 14.9. The van der Waals surface area contributed by atoms with Gasteiger partial charge in [0.1, 0.15) is 12.6 Å². The van der Waals surface area contributed by atoms with Crippen LogP contribution in [0.1, 0.15) is 30.5 Å². The molecule has 12 heteroatoms. The van der Waals surface area contributed by atoms with E-state index in [9.17, 15) is 31.2 Å². The summed E-state index contributed by atoms with van der Waals surface area (Å²) in [7, 11) is -4.55. The van der Waals surface area contributed by atoms with Gasteiger partial charge in [-0.15, -0.1) is 0 Å². The fourth-order valence-electron chi connectivity index (χ4n) is 4.85. The molecule has 248 valence electrons. The summed E-state index contributed by atoms with van der Waals surface area (Å²) in [5.41, 5.74) is -0.0807. The Kier molecular flexibility index (Phi) is 11.7. The zero-order chi connectivity index (χ0) is 34.2. The number of amides is 2. The molecule has 0 fully saturated rings. The van der Waals surface area contributed by atoms with E-state index in [1.165, 1.54) is 35.2 Å². The number of benzene rings is 4. The Morgan fingerprint density at radius 3 is 2.04 bits per heavy atom. The van der Waals surface area contributed by atoms with E-state index < -0.39 is 46.2 Å². The van der Waals surface area contributed by atoms with Gasteiger partial charge in [0.05, 0.1) is 16.1 Å². The second kappa shape index (κ2) is 15.5. The normalized spacial score (nSPS) is 12.4. The third-order valence-electron chi connectivity index (χ3n) is 7.29. The van der Waals surface area contributed by atoms with Crippen LogP contribution in [0.5, 0.6) is 0 Å². The first kappa shape index (κ1) is 35.5. The quantitative estimate of drug-likeness (QED) is 0.165. The van der Waals surface area contributed by atoms with Crippen LogP contribution in [0.25, 0.3) is 0 Å². The molecule has 2 amide bonds. The van der Waals surface area contributed by atoms with Crippen molar-refractivity contribution < 1.29 is 31.2 Å². The second-order valence-electron chi connectivity index (χ2n) is 11.4. The zero-order valence-corrected chi connectivity index (χ0v) is 27.4. The van der Waals surface area contributed by atoms with Crippen molar-refractivity contribution >= 4 is 39.1 Å². The van der Waals surface area contributed by atoms with E-state index in [0.29, 0.717) is 27.5 Å². The van der Waals surface area contributed by atoms with Crippen molar-refractivity contribution in [3.63, 3.8) is 0 Å². The van der Waals surface area contributed by atoms with E-state index in [-0.39, 0.29) is 29.5 Å². The summed E-state index contributed by atoms with van der Waals surface area (Å²) in [5.74, 6) is -1.15. The van der Waals surface area contributed by atoms with Crippen molar-refractivity contribution in [1.29, 1.82) is 0 Å². The van der Waals surface area contributed by atoms with Crippen molar-refractivity contribution in [1.82, 2.24) is 10.2 Å². The third kappa shape index (κ3) is 9.59. The number of carbonyl (C=O) groups excluding carboxylic acids is 2. The average Bonchev–Trinajstić information content (AvgIpc) is 3.05. The van der Waals surface area contributed by atoms with Crippen LogP contribution in [0.15, 0.2) is 114 Å². The molecule has 0 heterocycles. The van der Waals surface area contributed by atoms with Gasteiger partial charge < -0.3 is 10.2 Å². The van der Waals surface area contributed by atoms with Gasteiger partial charge in [0, 0.05) is 24.5 Å². The lowest BCUT2D eigenvalue weighted by molar-refractivity contribution is -0.140. The van der Waals surface area contributed by atoms with Crippen LogP contribution in [-0.4, -0.2) is 44.3 Å². The number of halogens is 4. The van der Waals surface area contributed by atoms with E-state index in [1.54, 1.807) is 42.5 Å². The molecule has 4 rings (SSSR count). The largest absolute Gasteiger partial charge is 0.416 e. The summed E-state index contributed by atoms with van der Waals surface area (Å²) < 4.78 is 69.9. The number of hydrogen-bond acceptors (Lipinski definition) is 4. The van der Waals surface area contributed by atoms with Gasteiger partial charge in [-0.25, -0.2) is 8.42 Å². The Hall–Kier alpha value is -4.35. The van der Waals surface area contributed by atoms with Gasteiger partial charge in [-0.05, 0) is 59.5 Å². The van der Waals surface area contributed by atoms with Crippen LogP contribution >= 0.6 is 11.6 Å². The van der Waals surface area contributed by atoms with Gasteiger partial charge in [0.15, 0.2) is 0 Å². The molecule has 0 bridgehead atoms. The number of alkyl halides is 3. The van der Waals surface area contributed by atoms with Crippen LogP contribution in [0.2, 0.25) is 5.02 Å². The lowest BCUT2D eigenvalue weighted by Gasteiger charge is -2.34. The molecular formula is C35H35ClF3N3O4S. The Bertz CT molecular complexity index is 1750. The smallest absolute Gasteiger partial charge is 0.354 e. The Morgan fingerprint density at radius 1 is 0.830 bits per heavy atom. The molecule has 47 heavy (non-hydrogen) atoms. The molecule has 0 aromatic heterocycles. The number of rotatable bonds is 13. The summed E-state index contributed by atoms with van der Waals surface area (Å²) in [6.07, 6.45) is -4.67. The average molecular weight is 686 g/mol. The van der Waals surface area contributed by atoms with Crippen molar-refractivity contribution in [2.24, 2.45) is 5.92 Å². The third-order valence-corrected chi connectivity index (χ3v) is 9.33. The molecule has 4 aromatic rings. The van der Waals surface area contributed by atoms with Gasteiger partial charge in [-0.1, -0.05) is 92.2 Å². The van der Waals surface area contributed by atoms with Crippen LogP contribution in [0.4, 0.5) is 18.9 Å². The van der Waals surface area contributed by atoms with E-state index >= 15 is 0 Å². The molecule has 0 aliphatic heterocycles. The van der Waals surface area contributed by atoms with E-state index in [1.807, 2.05) is 32.0 Å². The molecule has 0 aliphatic rings. The highest BCUT2D eigenvalue weighted by atomic mass is 35.5. The molecule has 0 aliphatic carbocycles. The second-order valence-corrected chi connectivity index (χ2v) is 13.7. The molecular weight excluding hydrogens is 651 g/mol. The maximum atomic E-state index is 14.4. The highest BCUT2D eigenvalue weighted by Crippen LogP contribution is 2.33. The van der Waals surface area contributed by atoms with E-state index in [4.69, 9.17) is 11.6 Å². The lowest BCUT2D eigenvalue weighted by Crippen LogP contribution is -2.53. The van der Waals surface area contributed by atoms with Crippen LogP contribution < -0.4 is 9.62 Å². The van der Waals surface area contributed by atoms with Crippen molar-refractivity contribution in [3.8, 4) is 0 Å². The maximum Gasteiger partial charge on any atom is 0.416 e. The van der Waals surface area contributed by atoms with Crippen molar-refractivity contribution in [2.75, 3.05) is 17.4 Å². The SMILES string of the molecule is CC(C)CNC(=O)C(Cc1ccccc1)N(Cc1ccc(Cl)cc1)C(=O)CN(c1cccc(C(F)(F)F)c1)S(=O)(=O)c1ccccc1. The minimum absolute atomic E-state index is 0.0963. The molecule has 1 atom stereocenters. The van der Waals surface area contributed by atoms with Gasteiger partial charge in [0.25, 0.3) is 10.0 Å². The van der Waals surface area contributed by atoms with Crippen LogP contribution in [-0.2, 0) is 38.8 Å². The molecule has 1 N–H and O–H groups in total. The lowest BCUT2D eigenvalue weighted by atomic mass is 10.0. The molecule has 0 radical (unpaired) electrons. The number of nitrogens with zero attached hydrogens (tertiary/aromatic N) is 2. The maximum absolute atomic E-state index is 14.4. The van der Waals surface area contributed by atoms with Gasteiger partial charge in [0.2, 0.25) is 11.8 Å². The predicted octanol–water partition coefficient (Wildman–Crippen LogP) is 6.97. The standard InChI is InChI=1S/C35H35ClF3N3O4S/c1-25(2)22-40-34(44)32(20-26-10-5-3-6-11-26)41(23-27-16-18-29(36)19-17-27)33(43)24-42(47(45,46)31-14-7-4-8-15-31)30-13-9-12-28(21-30)35(37,38)39/h3-19,21,25,32H,20,22-24H2,1-2H3,(H,40,44). The van der Waals surface area contributed by atoms with E-state index in [0.717, 1.165) is 17.7 Å². The first-order chi connectivity index (χ1) is 22.3. The van der Waals surface area contributed by atoms with Crippen LogP contribution in [0, 0.1) is 5.92 Å². The predicted molar refractivity (Wildman–Crippen MR) is 176 cm³/mol. The fraction of sp³-hybridized carbons (Fsp3) is 0.257. The topological polar surface area (TPSA) is 86.8 Å². The molecule has 1 unspecified atom stereocenters. The highest BCUT2D eigenvalue weighted by molar-refractivity contribution is 7.92. The molecule has 7 nitrogen and oxygen atoms in total. The molecule has 4 aromatic carbocycles. The number of sulfonamides is 1. The summed E-state index contributed by atoms with van der Waals surface area (Å²) in [6, 6.07) is 25.5. The van der Waals surface area contributed by atoms with Gasteiger partial charge in [-0.2, -0.15) is 13.2 Å². The summed E-state index contributed by atoms with van der Waals surface area (Å²) >= 11 is 6.09. The molecule has 0 saturated heterocycles.